The van der Waals surface area contributed by atoms with E-state index in [9.17, 15) is 0 Å². The maximum atomic E-state index is 6.25. The summed E-state index contributed by atoms with van der Waals surface area (Å²) in [7, 11) is 0. The Bertz CT molecular complexity index is 3510. The van der Waals surface area contributed by atoms with Crippen LogP contribution >= 0.6 is 22.7 Å². The van der Waals surface area contributed by atoms with Crippen molar-refractivity contribution in [2.45, 2.75) is 0 Å². The Balaban J connectivity index is 1.24. The van der Waals surface area contributed by atoms with Crippen LogP contribution in [0.2, 0.25) is 0 Å². The molecule has 6 heteroatoms. The summed E-state index contributed by atoms with van der Waals surface area (Å²) in [5.74, 6) is 0.840. The summed E-state index contributed by atoms with van der Waals surface area (Å²) in [4.78, 5) is 12.1. The second-order valence-corrected chi connectivity index (χ2v) is 15.4. The number of para-hydroxylation sites is 1. The zero-order valence-electron chi connectivity index (χ0n) is 26.2. The lowest BCUT2D eigenvalue weighted by atomic mass is 9.95. The minimum atomic E-state index is 0.840. The van der Waals surface area contributed by atoms with E-state index in [4.69, 9.17) is 14.4 Å². The first-order valence-electron chi connectivity index (χ1n) is 16.7. The van der Waals surface area contributed by atoms with E-state index in [1.807, 2.05) is 23.5 Å². The van der Waals surface area contributed by atoms with Gasteiger partial charge < -0.3 is 4.42 Å². The molecule has 5 heterocycles. The summed E-state index contributed by atoms with van der Waals surface area (Å²) in [6.45, 7) is 0. The number of furan rings is 1. The third-order valence-corrected chi connectivity index (χ3v) is 12.9. The minimum Gasteiger partial charge on any atom is -0.456 e. The Labute approximate surface area is 291 Å². The van der Waals surface area contributed by atoms with Crippen molar-refractivity contribution in [2.75, 3.05) is 0 Å². The van der Waals surface area contributed by atoms with Crippen molar-refractivity contribution in [1.29, 1.82) is 0 Å². The van der Waals surface area contributed by atoms with Crippen LogP contribution in [-0.4, -0.2) is 14.5 Å². The van der Waals surface area contributed by atoms with Gasteiger partial charge in [-0.3, -0.25) is 4.57 Å². The number of nitrogens with zero attached hydrogens (tertiary/aromatic N) is 3. The highest BCUT2D eigenvalue weighted by atomic mass is 32.1. The summed E-state index contributed by atoms with van der Waals surface area (Å²) >= 11 is 3.59. The third kappa shape index (κ3) is 3.08. The van der Waals surface area contributed by atoms with E-state index in [-0.39, 0.29) is 0 Å². The van der Waals surface area contributed by atoms with Gasteiger partial charge in [0.15, 0.2) is 5.82 Å². The van der Waals surface area contributed by atoms with Gasteiger partial charge in [0.1, 0.15) is 27.2 Å². The van der Waals surface area contributed by atoms with Crippen molar-refractivity contribution < 1.29 is 4.42 Å². The predicted octanol–water partition coefficient (Wildman–Crippen LogP) is 13.0. The average molecular weight is 672 g/mol. The molecule has 0 radical (unpaired) electrons. The second kappa shape index (κ2) is 8.93. The van der Waals surface area contributed by atoms with Crippen LogP contribution in [0.1, 0.15) is 0 Å². The number of benzene rings is 7. The highest BCUT2D eigenvalue weighted by molar-refractivity contribution is 7.26. The molecule has 13 rings (SSSR count). The molecule has 0 saturated heterocycles. The summed E-state index contributed by atoms with van der Waals surface area (Å²) < 4.78 is 12.5. The number of thiophene rings is 2. The molecular formula is C44H21N3OS2. The monoisotopic (exact) mass is 671 g/mol. The minimum absolute atomic E-state index is 0.840. The normalized spacial score (nSPS) is 12.8. The molecule has 1 aliphatic rings. The first kappa shape index (κ1) is 25.9. The van der Waals surface area contributed by atoms with E-state index in [0.717, 1.165) is 65.8 Å². The maximum absolute atomic E-state index is 6.25. The van der Waals surface area contributed by atoms with Crippen molar-refractivity contribution in [1.82, 2.24) is 14.5 Å². The van der Waals surface area contributed by atoms with Crippen LogP contribution in [0.25, 0.3) is 123 Å². The van der Waals surface area contributed by atoms with E-state index in [1.165, 1.54) is 57.5 Å². The van der Waals surface area contributed by atoms with Crippen LogP contribution in [0.5, 0.6) is 0 Å². The number of fused-ring (bicyclic) bond motifs is 7. The summed E-state index contributed by atoms with van der Waals surface area (Å²) in [5, 5.41) is 11.1. The number of rotatable bonds is 2. The molecule has 0 spiro atoms. The molecule has 0 fully saturated rings. The van der Waals surface area contributed by atoms with E-state index >= 15 is 0 Å². The molecule has 0 aliphatic heterocycles. The van der Waals surface area contributed by atoms with Gasteiger partial charge in [-0.1, -0.05) is 72.8 Å². The van der Waals surface area contributed by atoms with Crippen molar-refractivity contribution >= 4 is 118 Å². The maximum Gasteiger partial charge on any atom is 0.166 e. The molecule has 12 aromatic rings. The average Bonchev–Trinajstić information content (AvgIpc) is 3.89. The van der Waals surface area contributed by atoms with E-state index in [0.29, 0.717) is 0 Å². The topological polar surface area (TPSA) is 43.9 Å². The lowest BCUT2D eigenvalue weighted by Crippen LogP contribution is -2.03. The fourth-order valence-corrected chi connectivity index (χ4v) is 10.8. The van der Waals surface area contributed by atoms with Crippen LogP contribution in [0, 0.1) is 0 Å². The molecule has 50 heavy (non-hydrogen) atoms. The van der Waals surface area contributed by atoms with Gasteiger partial charge in [0.2, 0.25) is 0 Å². The fourth-order valence-electron chi connectivity index (χ4n) is 8.69. The van der Waals surface area contributed by atoms with Crippen LogP contribution in [0.3, 0.4) is 0 Å². The smallest absolute Gasteiger partial charge is 0.166 e. The summed E-state index contributed by atoms with van der Waals surface area (Å²) in [5.41, 5.74) is 9.45. The van der Waals surface area contributed by atoms with Gasteiger partial charge >= 0.3 is 0 Å². The van der Waals surface area contributed by atoms with Gasteiger partial charge in [-0.2, -0.15) is 0 Å². The largest absolute Gasteiger partial charge is 0.456 e. The number of hydrogen-bond donors (Lipinski definition) is 0. The Morgan fingerprint density at radius 3 is 2.18 bits per heavy atom. The predicted molar refractivity (Wildman–Crippen MR) is 211 cm³/mol. The molecule has 0 unspecified atom stereocenters. The third-order valence-electron chi connectivity index (χ3n) is 10.7. The summed E-state index contributed by atoms with van der Waals surface area (Å²) in [6, 6.07) is 45.9. The molecule has 0 saturated carbocycles. The molecule has 0 bridgehead atoms. The molecular weight excluding hydrogens is 651 g/mol. The van der Waals surface area contributed by atoms with Gasteiger partial charge in [0.05, 0.1) is 11.0 Å². The van der Waals surface area contributed by atoms with Gasteiger partial charge in [-0.05, 0) is 76.5 Å². The molecule has 0 N–H and O–H groups in total. The first-order chi connectivity index (χ1) is 24.8. The zero-order chi connectivity index (χ0) is 32.2. The fraction of sp³-hybridized carbons (Fsp3) is 0. The Hall–Kier alpha value is -6.08. The van der Waals surface area contributed by atoms with E-state index in [2.05, 4.69) is 120 Å². The highest BCUT2D eigenvalue weighted by Gasteiger charge is 2.28. The van der Waals surface area contributed by atoms with Crippen LogP contribution < -0.4 is 0 Å². The van der Waals surface area contributed by atoms with Gasteiger partial charge in [0, 0.05) is 57.4 Å². The molecule has 4 nitrogen and oxygen atoms in total. The lowest BCUT2D eigenvalue weighted by molar-refractivity contribution is 0.669. The first-order valence-corrected chi connectivity index (χ1v) is 18.4. The standard InChI is InChI=1S/C44H21N3OS2/c1-3-12-31-24(8-1)28-21-23(16-19-32(28)48-31)41-43(46-44-42(45-41)27-9-2-4-13-33(27)50-44)47-29-17-15-22-7-5-10-25-26-11-6-14-34-37(26)40-35(49-34)20-18-30(47)39(40)38(29)36(22)25/h1-21H. The molecule has 230 valence electrons. The van der Waals surface area contributed by atoms with Crippen LogP contribution in [0.4, 0.5) is 0 Å². The quantitative estimate of drug-likeness (QED) is 0.184. The van der Waals surface area contributed by atoms with Gasteiger partial charge in [0.25, 0.3) is 0 Å². The molecule has 0 amide bonds. The molecule has 7 aromatic carbocycles. The van der Waals surface area contributed by atoms with Crippen LogP contribution in [0.15, 0.2) is 132 Å². The van der Waals surface area contributed by atoms with Crippen molar-refractivity contribution in [3.63, 3.8) is 0 Å². The number of aromatic nitrogens is 3. The van der Waals surface area contributed by atoms with Gasteiger partial charge in [-0.15, -0.1) is 22.7 Å². The van der Waals surface area contributed by atoms with E-state index < -0.39 is 0 Å². The molecule has 0 atom stereocenters. The van der Waals surface area contributed by atoms with Crippen molar-refractivity contribution in [3.05, 3.63) is 127 Å². The Morgan fingerprint density at radius 1 is 0.500 bits per heavy atom. The van der Waals surface area contributed by atoms with E-state index in [1.54, 1.807) is 11.3 Å². The zero-order valence-corrected chi connectivity index (χ0v) is 27.8. The Morgan fingerprint density at radius 2 is 1.24 bits per heavy atom. The van der Waals surface area contributed by atoms with Crippen molar-refractivity contribution in [3.8, 4) is 28.2 Å². The van der Waals surface area contributed by atoms with Crippen LogP contribution in [-0.2, 0) is 0 Å². The summed E-state index contributed by atoms with van der Waals surface area (Å²) in [6.07, 6.45) is 0. The Kier molecular flexibility index (Phi) is 4.62. The van der Waals surface area contributed by atoms with Crippen molar-refractivity contribution in [2.24, 2.45) is 0 Å². The molecule has 5 aromatic heterocycles. The SMILES string of the molecule is c1cc2c3c(c1)ccc1c3c3c4c(ccc3n1-c1nc3sc5ccccc5c3nc1-c1ccc3oc5ccccc5c3c1)sc1cccc-2c14. The van der Waals surface area contributed by atoms with Gasteiger partial charge in [-0.25, -0.2) is 9.97 Å². The molecule has 1 aliphatic carbocycles. The second-order valence-electron chi connectivity index (χ2n) is 13.3. The highest BCUT2D eigenvalue weighted by Crippen LogP contribution is 2.52. The number of hydrogen-bond acceptors (Lipinski definition) is 5. The lowest BCUT2D eigenvalue weighted by Gasteiger charge is -2.14.